The van der Waals surface area contributed by atoms with E-state index in [1.807, 2.05) is 30.6 Å². The molecule has 1 heterocycles. The average Bonchev–Trinajstić information content (AvgIpc) is 3.08. The van der Waals surface area contributed by atoms with Gasteiger partial charge in [0.2, 0.25) is 0 Å². The summed E-state index contributed by atoms with van der Waals surface area (Å²) in [6.45, 7) is 13.4. The minimum Gasteiger partial charge on any atom is -0.293 e. The van der Waals surface area contributed by atoms with E-state index < -0.39 is 0 Å². The molecule has 0 aliphatic rings. The van der Waals surface area contributed by atoms with Gasteiger partial charge < -0.3 is 0 Å². The van der Waals surface area contributed by atoms with E-state index in [9.17, 15) is 0 Å². The van der Waals surface area contributed by atoms with Crippen LogP contribution in [0, 0.1) is 41.5 Å². The number of hydrogen-bond acceptors (Lipinski definition) is 3. The maximum atomic E-state index is 5.18. The van der Waals surface area contributed by atoms with Gasteiger partial charge in [0.05, 0.1) is 23.8 Å². The zero-order valence-corrected chi connectivity index (χ0v) is 28.6. The van der Waals surface area contributed by atoms with E-state index >= 15 is 0 Å². The van der Waals surface area contributed by atoms with Crippen LogP contribution >= 0.6 is 0 Å². The Hall–Kier alpha value is -5.54. The van der Waals surface area contributed by atoms with Crippen molar-refractivity contribution in [2.75, 3.05) is 4.90 Å². The number of rotatable bonds is 7. The second-order valence-corrected chi connectivity index (χ2v) is 13.1. The molecule has 48 heavy (non-hydrogen) atoms. The van der Waals surface area contributed by atoms with Gasteiger partial charge in [0.25, 0.3) is 0 Å². The highest BCUT2D eigenvalue weighted by Gasteiger charge is 2.25. The van der Waals surface area contributed by atoms with Crippen molar-refractivity contribution in [1.82, 2.24) is 9.97 Å². The van der Waals surface area contributed by atoms with E-state index in [2.05, 4.69) is 155 Å². The van der Waals surface area contributed by atoms with Gasteiger partial charge in [0, 0.05) is 22.6 Å². The summed E-state index contributed by atoms with van der Waals surface area (Å²) >= 11 is 0. The minimum atomic E-state index is 0.104. The molecule has 6 aromatic carbocycles. The Kier molecular flexibility index (Phi) is 8.37. The van der Waals surface area contributed by atoms with Crippen LogP contribution in [0.15, 0.2) is 134 Å². The van der Waals surface area contributed by atoms with Crippen molar-refractivity contribution in [2.45, 2.75) is 47.5 Å². The van der Waals surface area contributed by atoms with Crippen LogP contribution in [-0.2, 0) is 0 Å². The number of aromatic nitrogens is 2. The molecular formula is C45H41N3. The van der Waals surface area contributed by atoms with Crippen LogP contribution in [-0.4, -0.2) is 9.97 Å². The van der Waals surface area contributed by atoms with Gasteiger partial charge in [-0.3, -0.25) is 9.88 Å². The first-order valence-corrected chi connectivity index (χ1v) is 16.7. The van der Waals surface area contributed by atoms with Gasteiger partial charge in [-0.25, -0.2) is 4.98 Å². The Labute approximate surface area is 284 Å². The van der Waals surface area contributed by atoms with Crippen molar-refractivity contribution in [3.8, 4) is 11.3 Å². The summed E-state index contributed by atoms with van der Waals surface area (Å²) in [7, 11) is 0. The first kappa shape index (κ1) is 31.1. The Morgan fingerprint density at radius 1 is 0.542 bits per heavy atom. The molecule has 0 bridgehead atoms. The maximum Gasteiger partial charge on any atom is 0.156 e. The lowest BCUT2D eigenvalue weighted by atomic mass is 9.77. The second-order valence-electron chi connectivity index (χ2n) is 13.1. The fraction of sp³-hybridized carbons (Fsp3) is 0.156. The summed E-state index contributed by atoms with van der Waals surface area (Å²) in [5, 5.41) is 2.34. The van der Waals surface area contributed by atoms with E-state index in [0.29, 0.717) is 0 Å². The average molecular weight is 624 g/mol. The van der Waals surface area contributed by atoms with E-state index in [1.165, 1.54) is 55.5 Å². The minimum absolute atomic E-state index is 0.104. The summed E-state index contributed by atoms with van der Waals surface area (Å²) in [5.41, 5.74) is 15.9. The van der Waals surface area contributed by atoms with Gasteiger partial charge in [0.1, 0.15) is 0 Å². The maximum absolute atomic E-state index is 5.18. The summed E-state index contributed by atoms with van der Waals surface area (Å²) in [4.78, 5) is 12.1. The molecule has 0 radical (unpaired) electrons. The van der Waals surface area contributed by atoms with E-state index in [0.717, 1.165) is 33.8 Å². The third-order valence-corrected chi connectivity index (χ3v) is 9.47. The highest BCUT2D eigenvalue weighted by molar-refractivity contribution is 5.98. The fourth-order valence-electron chi connectivity index (χ4n) is 7.60. The first-order valence-electron chi connectivity index (χ1n) is 16.7. The lowest BCUT2D eigenvalue weighted by Crippen LogP contribution is -2.14. The number of nitrogens with zero attached hydrogens (tertiary/aromatic N) is 3. The van der Waals surface area contributed by atoms with Crippen molar-refractivity contribution < 1.29 is 0 Å². The van der Waals surface area contributed by atoms with Gasteiger partial charge in [-0.15, -0.1) is 0 Å². The summed E-state index contributed by atoms with van der Waals surface area (Å²) in [5.74, 6) is 0.875. The lowest BCUT2D eigenvalue weighted by Gasteiger charge is -2.29. The molecule has 0 spiro atoms. The number of fused-ring (bicyclic) bond motifs is 1. The van der Waals surface area contributed by atoms with Crippen LogP contribution in [0.25, 0.3) is 22.0 Å². The Morgan fingerprint density at radius 2 is 1.10 bits per heavy atom. The Bertz CT molecular complexity index is 2140. The molecular weight excluding hydrogens is 583 g/mol. The van der Waals surface area contributed by atoms with Crippen molar-refractivity contribution in [1.29, 1.82) is 0 Å². The number of anilines is 3. The molecule has 7 aromatic rings. The van der Waals surface area contributed by atoms with Crippen molar-refractivity contribution in [3.05, 3.63) is 184 Å². The van der Waals surface area contributed by atoms with Gasteiger partial charge in [0.15, 0.2) is 5.82 Å². The normalized spacial score (nSPS) is 11.3. The molecule has 7 rings (SSSR count). The molecule has 3 heteroatoms. The van der Waals surface area contributed by atoms with Gasteiger partial charge >= 0.3 is 0 Å². The number of aryl methyl sites for hydroxylation is 6. The molecule has 0 saturated carbocycles. The van der Waals surface area contributed by atoms with Crippen LogP contribution in [0.2, 0.25) is 0 Å². The van der Waals surface area contributed by atoms with Crippen LogP contribution in [0.3, 0.4) is 0 Å². The molecule has 0 saturated heterocycles. The molecule has 0 aliphatic heterocycles. The number of hydrogen-bond donors (Lipinski definition) is 0. The molecule has 0 aliphatic carbocycles. The van der Waals surface area contributed by atoms with E-state index in [-0.39, 0.29) is 5.92 Å². The van der Waals surface area contributed by atoms with Gasteiger partial charge in [-0.2, -0.15) is 0 Å². The summed E-state index contributed by atoms with van der Waals surface area (Å²) in [6, 6.07) is 43.7. The van der Waals surface area contributed by atoms with Crippen LogP contribution in [0.1, 0.15) is 56.0 Å². The molecule has 1 aromatic heterocycles. The van der Waals surface area contributed by atoms with Crippen molar-refractivity contribution >= 4 is 28.0 Å². The highest BCUT2D eigenvalue weighted by Crippen LogP contribution is 2.42. The third-order valence-electron chi connectivity index (χ3n) is 9.47. The largest absolute Gasteiger partial charge is 0.293 e. The molecule has 0 N–H and O–H groups in total. The Balaban J connectivity index is 1.42. The van der Waals surface area contributed by atoms with Crippen LogP contribution in [0.5, 0.6) is 0 Å². The van der Waals surface area contributed by atoms with E-state index in [1.54, 1.807) is 0 Å². The summed E-state index contributed by atoms with van der Waals surface area (Å²) in [6.07, 6.45) is 3.70. The molecule has 236 valence electrons. The van der Waals surface area contributed by atoms with Gasteiger partial charge in [-0.05, 0) is 104 Å². The topological polar surface area (TPSA) is 29.0 Å². The number of benzene rings is 6. The molecule has 0 amide bonds. The van der Waals surface area contributed by atoms with Crippen LogP contribution < -0.4 is 4.90 Å². The SMILES string of the molecule is Cc1cc(C)c(C(c2ccc(N(c3cncc(-c4ccccc4)n3)c3cccc4ccccc34)cc2)c2c(C)cc(C)cc2C)c(C)c1. The molecule has 0 fully saturated rings. The lowest BCUT2D eigenvalue weighted by molar-refractivity contribution is 0.919. The molecule has 0 atom stereocenters. The first-order chi connectivity index (χ1) is 23.3. The Morgan fingerprint density at radius 3 is 1.73 bits per heavy atom. The fourth-order valence-corrected chi connectivity index (χ4v) is 7.60. The van der Waals surface area contributed by atoms with Crippen molar-refractivity contribution in [2.24, 2.45) is 0 Å². The zero-order chi connectivity index (χ0) is 33.4. The monoisotopic (exact) mass is 623 g/mol. The summed E-state index contributed by atoms with van der Waals surface area (Å²) < 4.78 is 0. The van der Waals surface area contributed by atoms with Gasteiger partial charge in [-0.1, -0.05) is 114 Å². The smallest absolute Gasteiger partial charge is 0.156 e. The zero-order valence-electron chi connectivity index (χ0n) is 28.6. The predicted octanol–water partition coefficient (Wildman–Crippen LogP) is 11.8. The highest BCUT2D eigenvalue weighted by atomic mass is 15.2. The predicted molar refractivity (Wildman–Crippen MR) is 202 cm³/mol. The quantitative estimate of drug-likeness (QED) is 0.165. The van der Waals surface area contributed by atoms with Crippen LogP contribution in [0.4, 0.5) is 17.2 Å². The third kappa shape index (κ3) is 5.89. The molecule has 0 unspecified atom stereocenters. The molecule has 3 nitrogen and oxygen atoms in total. The van der Waals surface area contributed by atoms with E-state index in [4.69, 9.17) is 4.98 Å². The standard InChI is InChI=1S/C45H41N3/c1-29-23-31(3)43(32(4)24-29)45(44-33(5)25-30(2)26-34(44)6)37-19-21-38(22-20-37)48(41-18-12-16-35-13-10-11-17-39(35)41)42-28-46-27-40(47-42)36-14-8-7-9-15-36/h7-28,45H,1-6H3. The second kappa shape index (κ2) is 12.9. The van der Waals surface area contributed by atoms with Crippen molar-refractivity contribution in [3.63, 3.8) is 0 Å².